The Bertz CT molecular complexity index is 1010. The summed E-state index contributed by atoms with van der Waals surface area (Å²) in [6.07, 6.45) is 14.4. The first-order valence-corrected chi connectivity index (χ1v) is 13.6. The molecule has 1 aliphatic carbocycles. The van der Waals surface area contributed by atoms with Crippen molar-refractivity contribution >= 4 is 23.5 Å². The predicted octanol–water partition coefficient (Wildman–Crippen LogP) is 5.15. The molecule has 0 aromatic heterocycles. The fraction of sp³-hybridized carbons (Fsp3) is 0.679. The fourth-order valence-electron chi connectivity index (χ4n) is 5.66. The van der Waals surface area contributed by atoms with Gasteiger partial charge in [0.05, 0.1) is 11.4 Å². The molecule has 1 N–H and O–H groups in total. The van der Waals surface area contributed by atoms with Crippen LogP contribution in [0.25, 0.3) is 0 Å². The average molecular weight is 514 g/mol. The Morgan fingerprint density at radius 3 is 2.56 bits per heavy atom. The third-order valence-corrected chi connectivity index (χ3v) is 8.74. The lowest BCUT2D eigenvalue weighted by atomic mass is 9.74. The molecule has 0 bridgehead atoms. The van der Waals surface area contributed by atoms with Gasteiger partial charge in [-0.05, 0) is 58.6 Å². The maximum Gasteiger partial charge on any atom is 0.410 e. The van der Waals surface area contributed by atoms with Crippen LogP contribution in [-0.4, -0.2) is 70.0 Å². The largest absolute Gasteiger partial charge is 0.444 e. The van der Waals surface area contributed by atoms with Gasteiger partial charge in [-0.1, -0.05) is 26.0 Å². The third kappa shape index (κ3) is 5.50. The summed E-state index contributed by atoms with van der Waals surface area (Å²) >= 11 is 6.64. The Morgan fingerprint density at radius 2 is 2.00 bits per heavy atom. The average Bonchev–Trinajstić information content (AvgIpc) is 2.97. The van der Waals surface area contributed by atoms with Gasteiger partial charge in [-0.2, -0.15) is 5.26 Å². The number of carbonyl (C=O) groups is 1. The van der Waals surface area contributed by atoms with Gasteiger partial charge in [0.2, 0.25) is 0 Å². The third-order valence-electron chi connectivity index (χ3n) is 8.34. The molecule has 0 aromatic carbocycles. The number of nitriles is 1. The zero-order valence-corrected chi connectivity index (χ0v) is 23.0. The second kappa shape index (κ2) is 10.2. The normalized spacial score (nSPS) is 31.8. The number of ether oxygens (including phenoxy) is 1. The Hall–Kier alpha value is -2.30. The van der Waals surface area contributed by atoms with Crippen LogP contribution in [0.4, 0.5) is 4.79 Å². The van der Waals surface area contributed by atoms with E-state index in [0.29, 0.717) is 18.7 Å². The number of allylic oxidation sites excluding steroid dienone is 2. The lowest BCUT2D eigenvalue weighted by Crippen LogP contribution is -2.67. The molecule has 2 saturated heterocycles. The number of piperidine rings is 1. The highest BCUT2D eigenvalue weighted by Gasteiger charge is 2.49. The number of amides is 1. The molecule has 7 nitrogen and oxygen atoms in total. The summed E-state index contributed by atoms with van der Waals surface area (Å²) in [5.41, 5.74) is 0.112. The maximum atomic E-state index is 12.6. The number of hydrogen-bond acceptors (Lipinski definition) is 6. The van der Waals surface area contributed by atoms with E-state index in [1.807, 2.05) is 50.1 Å². The van der Waals surface area contributed by atoms with Crippen LogP contribution >= 0.6 is 11.6 Å². The molecule has 4 unspecified atom stereocenters. The predicted molar refractivity (Wildman–Crippen MR) is 144 cm³/mol. The van der Waals surface area contributed by atoms with Crippen molar-refractivity contribution in [1.29, 1.82) is 5.26 Å². The van der Waals surface area contributed by atoms with E-state index in [4.69, 9.17) is 21.3 Å². The van der Waals surface area contributed by atoms with E-state index < -0.39 is 5.60 Å². The number of nitrogens with zero attached hydrogens (tertiary/aromatic N) is 4. The lowest BCUT2D eigenvalue weighted by molar-refractivity contribution is -0.0235. The molecule has 0 aromatic rings. The molecule has 0 saturated carbocycles. The van der Waals surface area contributed by atoms with Crippen molar-refractivity contribution in [2.75, 3.05) is 19.6 Å². The summed E-state index contributed by atoms with van der Waals surface area (Å²) in [6.45, 7) is 12.6. The summed E-state index contributed by atoms with van der Waals surface area (Å²) in [4.78, 5) is 21.8. The number of carbonyl (C=O) groups excluding carboxylic acids is 1. The first-order chi connectivity index (χ1) is 17.0. The Labute approximate surface area is 220 Å². The molecular weight excluding hydrogens is 474 g/mol. The maximum absolute atomic E-state index is 12.6. The summed E-state index contributed by atoms with van der Waals surface area (Å²) in [6, 6.07) is 2.28. The number of aliphatic imine (C=N–C) groups is 1. The van der Waals surface area contributed by atoms with Crippen LogP contribution in [0.1, 0.15) is 66.7 Å². The number of rotatable bonds is 3. The van der Waals surface area contributed by atoms with E-state index in [9.17, 15) is 10.1 Å². The van der Waals surface area contributed by atoms with Gasteiger partial charge in [0.25, 0.3) is 0 Å². The Morgan fingerprint density at radius 1 is 1.31 bits per heavy atom. The van der Waals surface area contributed by atoms with Crippen LogP contribution in [0, 0.1) is 16.7 Å². The van der Waals surface area contributed by atoms with E-state index in [-0.39, 0.29) is 34.5 Å². The van der Waals surface area contributed by atoms with E-state index in [1.165, 1.54) is 0 Å². The first kappa shape index (κ1) is 26.8. The SMILES string of the molecule is CCC1(C)C=CN=C(N2CCC23CCN(C(=O)OC(C)(C)C)CC3)CC1NC1C=CC(C#N)=CC1Cl. The molecule has 1 spiro atoms. The minimum atomic E-state index is -0.481. The van der Waals surface area contributed by atoms with Crippen molar-refractivity contribution in [3.63, 3.8) is 0 Å². The Kier molecular flexibility index (Phi) is 7.60. The van der Waals surface area contributed by atoms with Crippen LogP contribution < -0.4 is 5.32 Å². The second-order valence-corrected chi connectivity index (χ2v) is 12.3. The van der Waals surface area contributed by atoms with E-state index >= 15 is 0 Å². The number of nitrogens with one attached hydrogen (secondary N) is 1. The minimum absolute atomic E-state index is 0.0465. The molecule has 2 fully saturated rings. The van der Waals surface area contributed by atoms with Crippen LogP contribution in [0.3, 0.4) is 0 Å². The van der Waals surface area contributed by atoms with Crippen molar-refractivity contribution in [2.45, 2.75) is 95.3 Å². The van der Waals surface area contributed by atoms with E-state index in [0.717, 1.165) is 44.5 Å². The molecule has 8 heteroatoms. The number of halogens is 1. The quantitative estimate of drug-likeness (QED) is 0.528. The van der Waals surface area contributed by atoms with Crippen LogP contribution in [0.2, 0.25) is 0 Å². The van der Waals surface area contributed by atoms with E-state index in [2.05, 4.69) is 36.2 Å². The zero-order valence-electron chi connectivity index (χ0n) is 22.3. The monoisotopic (exact) mass is 513 g/mol. The van der Waals surface area contributed by atoms with Gasteiger partial charge < -0.3 is 19.9 Å². The molecule has 3 aliphatic heterocycles. The Balaban J connectivity index is 1.45. The summed E-state index contributed by atoms with van der Waals surface area (Å²) in [7, 11) is 0. The van der Waals surface area contributed by atoms with Crippen molar-refractivity contribution < 1.29 is 9.53 Å². The van der Waals surface area contributed by atoms with Gasteiger partial charge in [-0.15, -0.1) is 11.6 Å². The van der Waals surface area contributed by atoms with Crippen LogP contribution in [0.5, 0.6) is 0 Å². The molecular formula is C28H40ClN5O2. The fourth-order valence-corrected chi connectivity index (χ4v) is 5.96. The van der Waals surface area contributed by atoms with Gasteiger partial charge in [0.15, 0.2) is 0 Å². The van der Waals surface area contributed by atoms with Gasteiger partial charge in [-0.3, -0.25) is 0 Å². The number of alkyl halides is 1. The van der Waals surface area contributed by atoms with Crippen molar-refractivity contribution in [1.82, 2.24) is 15.1 Å². The molecule has 3 heterocycles. The number of amidine groups is 1. The van der Waals surface area contributed by atoms with Gasteiger partial charge in [-0.25, -0.2) is 9.79 Å². The number of likely N-dealkylation sites (tertiary alicyclic amines) is 2. The highest BCUT2D eigenvalue weighted by Crippen LogP contribution is 2.43. The second-order valence-electron chi connectivity index (χ2n) is 11.8. The molecule has 0 radical (unpaired) electrons. The van der Waals surface area contributed by atoms with Gasteiger partial charge in [0, 0.05) is 60.9 Å². The standard InChI is InChI=1S/C28H40ClN5O2/c1-6-27(5)9-13-31-24(18-23(27)32-22-8-7-20(19-30)17-21(22)29)34-16-12-28(34)10-14-33(15-11-28)25(35)36-26(2,3)4/h7-9,13,17,21-23,32H,6,10-12,14-16,18H2,1-5H3. The molecule has 4 rings (SSSR count). The van der Waals surface area contributed by atoms with Crippen molar-refractivity contribution in [3.8, 4) is 6.07 Å². The molecule has 4 aliphatic rings. The zero-order chi connectivity index (χ0) is 26.1. The lowest BCUT2D eigenvalue weighted by Gasteiger charge is -2.58. The summed E-state index contributed by atoms with van der Waals surface area (Å²) in [5, 5.41) is 12.7. The molecule has 4 atom stereocenters. The highest BCUT2D eigenvalue weighted by atomic mass is 35.5. The van der Waals surface area contributed by atoms with Gasteiger partial charge >= 0.3 is 6.09 Å². The molecule has 1 amide bonds. The summed E-state index contributed by atoms with van der Waals surface area (Å²) < 4.78 is 5.59. The van der Waals surface area contributed by atoms with Gasteiger partial charge in [0.1, 0.15) is 11.4 Å². The van der Waals surface area contributed by atoms with Crippen molar-refractivity contribution in [3.05, 3.63) is 36.1 Å². The topological polar surface area (TPSA) is 81.0 Å². The minimum Gasteiger partial charge on any atom is -0.444 e. The molecule has 36 heavy (non-hydrogen) atoms. The van der Waals surface area contributed by atoms with Crippen LogP contribution in [0.15, 0.2) is 41.1 Å². The van der Waals surface area contributed by atoms with Crippen LogP contribution in [-0.2, 0) is 4.74 Å². The smallest absolute Gasteiger partial charge is 0.410 e. The van der Waals surface area contributed by atoms with Crippen molar-refractivity contribution in [2.24, 2.45) is 10.4 Å². The summed E-state index contributed by atoms with van der Waals surface area (Å²) in [5.74, 6) is 1.11. The number of hydrogen-bond donors (Lipinski definition) is 1. The molecule has 196 valence electrons. The first-order valence-electron chi connectivity index (χ1n) is 13.2. The highest BCUT2D eigenvalue weighted by molar-refractivity contribution is 6.22. The van der Waals surface area contributed by atoms with E-state index in [1.54, 1.807) is 0 Å².